The summed E-state index contributed by atoms with van der Waals surface area (Å²) in [6.45, 7) is 6.44. The molecule has 61 heavy (non-hydrogen) atoms. The molecule has 0 saturated heterocycles. The van der Waals surface area contributed by atoms with Gasteiger partial charge >= 0.3 is 12.2 Å². The monoisotopic (exact) mass is 861 g/mol. The minimum atomic E-state index is -1.58. The lowest BCUT2D eigenvalue weighted by Gasteiger charge is -2.59. The van der Waals surface area contributed by atoms with Crippen molar-refractivity contribution >= 4 is 29.5 Å². The largest absolute Gasteiger partial charge is 0.459 e. The number of allylic oxidation sites excluding steroid dienone is 1. The van der Waals surface area contributed by atoms with Gasteiger partial charge in [-0.15, -0.1) is 18.2 Å². The zero-order valence-electron chi connectivity index (χ0n) is 34.7. The average Bonchev–Trinajstić information content (AvgIpc) is 3.26. The number of benzene rings is 3. The number of ether oxygens (including phenoxy) is 4. The first-order chi connectivity index (χ1) is 29.8. The normalized spacial score (nSPS) is 23.1. The van der Waals surface area contributed by atoms with Gasteiger partial charge in [-0.05, 0) is 91.5 Å². The Labute approximate surface area is 362 Å². The Balaban J connectivity index is 1.60. The minimum absolute atomic E-state index is 0.000893. The fourth-order valence-corrected chi connectivity index (χ4v) is 9.13. The third-order valence-electron chi connectivity index (χ3n) is 11.6. The number of rotatable bonds is 21. The third-order valence-corrected chi connectivity index (χ3v) is 11.8. The van der Waals surface area contributed by atoms with Crippen LogP contribution in [0.4, 0.5) is 14.0 Å². The number of amides is 2. The molecule has 1 heterocycles. The van der Waals surface area contributed by atoms with Gasteiger partial charge in [-0.2, -0.15) is 0 Å². The highest BCUT2D eigenvalue weighted by Gasteiger charge is 2.65. The van der Waals surface area contributed by atoms with Crippen LogP contribution in [-0.2, 0) is 27.5 Å². The van der Waals surface area contributed by atoms with Gasteiger partial charge in [0.1, 0.15) is 36.6 Å². The number of oxime groups is 1. The van der Waals surface area contributed by atoms with E-state index >= 15 is 0 Å². The summed E-state index contributed by atoms with van der Waals surface area (Å²) in [4.78, 5) is 34.9. The minimum Gasteiger partial charge on any atom is -0.459 e. The van der Waals surface area contributed by atoms with Crippen LogP contribution < -0.4 is 14.8 Å². The van der Waals surface area contributed by atoms with E-state index in [1.165, 1.54) is 12.1 Å². The van der Waals surface area contributed by atoms with E-state index in [2.05, 4.69) is 18.0 Å². The number of nitrogens with one attached hydrogen (secondary N) is 1. The molecule has 0 aromatic heterocycles. The van der Waals surface area contributed by atoms with Gasteiger partial charge in [-0.1, -0.05) is 72.6 Å². The molecule has 2 amide bonds. The van der Waals surface area contributed by atoms with Crippen LogP contribution in [0.25, 0.3) is 0 Å². The summed E-state index contributed by atoms with van der Waals surface area (Å²) in [6, 6.07) is 20.0. The number of hydrogen-bond donors (Lipinski definition) is 3. The number of aliphatic hydroxyl groups excluding tert-OH is 2. The van der Waals surface area contributed by atoms with E-state index in [0.717, 1.165) is 36.0 Å². The molecule has 14 heteroatoms. The molecule has 328 valence electrons. The van der Waals surface area contributed by atoms with Crippen LogP contribution >= 0.6 is 11.6 Å². The van der Waals surface area contributed by atoms with Gasteiger partial charge in [0.25, 0.3) is 0 Å². The van der Waals surface area contributed by atoms with Crippen molar-refractivity contribution < 1.29 is 48.0 Å². The van der Waals surface area contributed by atoms with Crippen molar-refractivity contribution in [3.63, 3.8) is 0 Å². The van der Waals surface area contributed by atoms with Crippen molar-refractivity contribution in [3.05, 3.63) is 120 Å². The van der Waals surface area contributed by atoms with Crippen LogP contribution in [0, 0.1) is 23.6 Å². The topological polar surface area (TPSA) is 148 Å². The number of halogens is 2. The molecule has 3 aromatic carbocycles. The summed E-state index contributed by atoms with van der Waals surface area (Å²) >= 11 is 6.06. The van der Waals surface area contributed by atoms with Crippen molar-refractivity contribution in [2.24, 2.45) is 22.9 Å². The first kappa shape index (κ1) is 45.6. The SMILES string of the molecule is C=CCOC12Oc3ccc(OC(=O)NCC)cc3C3C(CCCCO)C(CCCCO)C=C(C(=NOCc4ccccc4)CC1N(Cc1ccc(F)cc1)C(=O)OCCCl)C32. The van der Waals surface area contributed by atoms with Gasteiger partial charge in [0.15, 0.2) is 0 Å². The maximum absolute atomic E-state index is 14.5. The lowest BCUT2D eigenvalue weighted by atomic mass is 9.55. The summed E-state index contributed by atoms with van der Waals surface area (Å²) in [5.41, 5.74) is 3.77. The Hall–Kier alpha value is -4.95. The molecule has 1 saturated carbocycles. The average molecular weight is 862 g/mol. The van der Waals surface area contributed by atoms with E-state index in [-0.39, 0.29) is 69.6 Å². The molecule has 3 N–H and O–H groups in total. The van der Waals surface area contributed by atoms with Gasteiger partial charge in [0.2, 0.25) is 5.79 Å². The summed E-state index contributed by atoms with van der Waals surface area (Å²) < 4.78 is 40.0. The Bertz CT molecular complexity index is 1980. The number of nitrogens with zero attached hydrogens (tertiary/aromatic N) is 2. The smallest absolute Gasteiger partial charge is 0.412 e. The van der Waals surface area contributed by atoms with Crippen molar-refractivity contribution in [1.82, 2.24) is 10.2 Å². The molecule has 3 aliphatic rings. The summed E-state index contributed by atoms with van der Waals surface area (Å²) in [6.07, 6.45) is 6.90. The molecule has 12 nitrogen and oxygen atoms in total. The Morgan fingerprint density at radius 1 is 1.03 bits per heavy atom. The van der Waals surface area contributed by atoms with Crippen LogP contribution in [0.15, 0.2) is 102 Å². The van der Waals surface area contributed by atoms with E-state index in [9.17, 15) is 24.2 Å². The van der Waals surface area contributed by atoms with Crippen LogP contribution in [0.3, 0.4) is 0 Å². The number of carbonyl (C=O) groups excluding carboxylic acids is 2. The Morgan fingerprint density at radius 3 is 2.49 bits per heavy atom. The lowest BCUT2D eigenvalue weighted by molar-refractivity contribution is -0.256. The van der Waals surface area contributed by atoms with Crippen LogP contribution in [0.5, 0.6) is 11.5 Å². The molecular weight excluding hydrogens is 805 g/mol. The molecule has 6 atom stereocenters. The fraction of sp³-hybridized carbons (Fsp3) is 0.468. The second-order valence-corrected chi connectivity index (χ2v) is 15.9. The number of unbranched alkanes of at least 4 members (excludes halogenated alkanes) is 2. The molecule has 0 radical (unpaired) electrons. The zero-order chi connectivity index (χ0) is 43.2. The highest BCUT2D eigenvalue weighted by atomic mass is 35.5. The summed E-state index contributed by atoms with van der Waals surface area (Å²) in [5, 5.41) is 27.3. The number of hydrogen-bond acceptors (Lipinski definition) is 10. The second kappa shape index (κ2) is 22.2. The summed E-state index contributed by atoms with van der Waals surface area (Å²) in [5.74, 6) is -2.19. The van der Waals surface area contributed by atoms with Crippen LogP contribution in [0.2, 0.25) is 0 Å². The number of carbonyl (C=O) groups is 2. The molecule has 1 fully saturated rings. The molecular formula is C47H57ClFN3O9. The zero-order valence-corrected chi connectivity index (χ0v) is 35.4. The first-order valence-corrected chi connectivity index (χ1v) is 21.7. The lowest BCUT2D eigenvalue weighted by Crippen LogP contribution is -2.70. The van der Waals surface area contributed by atoms with Crippen molar-refractivity contribution in [2.75, 3.05) is 38.9 Å². The molecule has 0 bridgehead atoms. The van der Waals surface area contributed by atoms with Crippen LogP contribution in [-0.4, -0.2) is 83.7 Å². The first-order valence-electron chi connectivity index (χ1n) is 21.2. The molecule has 6 rings (SSSR count). The van der Waals surface area contributed by atoms with Gasteiger partial charge < -0.3 is 39.3 Å². The van der Waals surface area contributed by atoms with Crippen molar-refractivity contribution in [3.8, 4) is 11.5 Å². The van der Waals surface area contributed by atoms with E-state index in [1.54, 1.807) is 35.2 Å². The Morgan fingerprint density at radius 2 is 1.79 bits per heavy atom. The highest BCUT2D eigenvalue weighted by Crippen LogP contribution is 2.62. The van der Waals surface area contributed by atoms with Crippen molar-refractivity contribution in [2.45, 2.75) is 82.8 Å². The fourth-order valence-electron chi connectivity index (χ4n) is 9.06. The molecule has 0 spiro atoms. The maximum atomic E-state index is 14.5. The van der Waals surface area contributed by atoms with E-state index in [1.807, 2.05) is 43.3 Å². The number of alkyl halides is 1. The maximum Gasteiger partial charge on any atom is 0.412 e. The van der Waals surface area contributed by atoms with Gasteiger partial charge in [-0.3, -0.25) is 4.90 Å². The summed E-state index contributed by atoms with van der Waals surface area (Å²) in [7, 11) is 0. The third kappa shape index (κ3) is 10.9. The number of fused-ring (bicyclic) bond motifs is 2. The van der Waals surface area contributed by atoms with Crippen molar-refractivity contribution in [1.29, 1.82) is 0 Å². The van der Waals surface area contributed by atoms with Gasteiger partial charge in [0.05, 0.1) is 24.1 Å². The van der Waals surface area contributed by atoms with Gasteiger partial charge in [-0.25, -0.2) is 14.0 Å². The van der Waals surface area contributed by atoms with E-state index < -0.39 is 35.8 Å². The molecule has 3 aromatic rings. The van der Waals surface area contributed by atoms with Crippen LogP contribution in [0.1, 0.15) is 74.5 Å². The molecule has 2 aliphatic carbocycles. The second-order valence-electron chi connectivity index (χ2n) is 15.5. The molecule has 6 unspecified atom stereocenters. The predicted molar refractivity (Wildman–Crippen MR) is 230 cm³/mol. The highest BCUT2D eigenvalue weighted by molar-refractivity contribution is 6.18. The number of aliphatic hydroxyl groups is 2. The quantitative estimate of drug-likeness (QED) is 0.0414. The Kier molecular flexibility index (Phi) is 16.6. The predicted octanol–water partition coefficient (Wildman–Crippen LogP) is 8.65. The van der Waals surface area contributed by atoms with E-state index in [4.69, 9.17) is 40.5 Å². The van der Waals surface area contributed by atoms with Gasteiger partial charge in [0, 0.05) is 44.2 Å². The molecule has 1 aliphatic heterocycles. The standard InChI is InChI=1S/C47H57ClFN3O9/c1-3-25-58-47-42(52(46(56)57-26-22-48)30-32-16-18-35(49)19-17-32)29-40(51-59-31-33-12-6-5-7-13-33)38-27-34(14-8-10-23-53)37(15-9-11-24-54)43(44(38)47)39-28-36(20-21-41(39)61-47)60-45(55)50-4-2/h3,5-7,12-13,16-21,27-28,34,37,42-44,53-54H,1,4,8-11,14-15,22-26,29-31H2,2H3,(H,50,55). The van der Waals surface area contributed by atoms with E-state index in [0.29, 0.717) is 48.6 Å².